The number of nitrogens with one attached hydrogen (secondary N) is 1. The Bertz CT molecular complexity index is 1110. The van der Waals surface area contributed by atoms with Gasteiger partial charge in [0.15, 0.2) is 0 Å². The average molecular weight is 470 g/mol. The van der Waals surface area contributed by atoms with E-state index in [9.17, 15) is 18.0 Å². The van der Waals surface area contributed by atoms with E-state index in [1.165, 1.54) is 12.1 Å². The first-order valence-electron chi connectivity index (χ1n) is 11.6. The van der Waals surface area contributed by atoms with E-state index in [2.05, 4.69) is 5.32 Å². The van der Waals surface area contributed by atoms with Gasteiger partial charge in [0.05, 0.1) is 16.0 Å². The number of amides is 2. The lowest BCUT2D eigenvalue weighted by Crippen LogP contribution is -2.47. The first-order valence-corrected chi connectivity index (χ1v) is 13.1. The van der Waals surface area contributed by atoms with Crippen molar-refractivity contribution in [3.05, 3.63) is 59.7 Å². The summed E-state index contributed by atoms with van der Waals surface area (Å²) in [6, 6.07) is 13.0. The lowest BCUT2D eigenvalue weighted by molar-refractivity contribution is 0.0787. The maximum Gasteiger partial charge on any atom is 0.256 e. The molecule has 2 atom stereocenters. The van der Waals surface area contributed by atoms with Crippen LogP contribution in [0.15, 0.2) is 53.4 Å². The van der Waals surface area contributed by atoms with E-state index in [1.807, 2.05) is 13.8 Å². The molecule has 0 saturated carbocycles. The van der Waals surface area contributed by atoms with Crippen LogP contribution in [0, 0.1) is 0 Å². The Hall–Kier alpha value is -2.71. The molecule has 8 heteroatoms. The smallest absolute Gasteiger partial charge is 0.256 e. The molecule has 0 aromatic heterocycles. The number of hydrogen-bond donors (Lipinski definition) is 1. The van der Waals surface area contributed by atoms with Crippen molar-refractivity contribution in [2.75, 3.05) is 18.4 Å². The molecule has 0 spiro atoms. The zero-order valence-corrected chi connectivity index (χ0v) is 20.0. The highest BCUT2D eigenvalue weighted by atomic mass is 32.2. The minimum Gasteiger partial charge on any atom is -0.339 e. The van der Waals surface area contributed by atoms with Crippen LogP contribution in [-0.4, -0.2) is 54.6 Å². The average Bonchev–Trinajstić information content (AvgIpc) is 3.34. The number of nitrogens with zero attached hydrogens (tertiary/aromatic N) is 2. The minimum atomic E-state index is -3.61. The topological polar surface area (TPSA) is 86.8 Å². The molecule has 0 radical (unpaired) electrons. The van der Waals surface area contributed by atoms with Gasteiger partial charge in [-0.1, -0.05) is 18.6 Å². The van der Waals surface area contributed by atoms with Crippen LogP contribution in [0.4, 0.5) is 5.69 Å². The Morgan fingerprint density at radius 3 is 2.03 bits per heavy atom. The second kappa shape index (κ2) is 9.65. The molecule has 2 heterocycles. The molecule has 4 rings (SSSR count). The molecule has 2 amide bonds. The number of rotatable bonds is 5. The Morgan fingerprint density at radius 2 is 1.42 bits per heavy atom. The van der Waals surface area contributed by atoms with Crippen molar-refractivity contribution in [2.45, 2.75) is 62.9 Å². The fourth-order valence-corrected chi connectivity index (χ4v) is 6.74. The summed E-state index contributed by atoms with van der Waals surface area (Å²) in [6.45, 7) is 5.31. The quantitative estimate of drug-likeness (QED) is 0.713. The molecule has 1 N–H and O–H groups in total. The summed E-state index contributed by atoms with van der Waals surface area (Å²) < 4.78 is 28.0. The van der Waals surface area contributed by atoms with Crippen molar-refractivity contribution < 1.29 is 18.0 Å². The van der Waals surface area contributed by atoms with Gasteiger partial charge in [-0.05, 0) is 75.9 Å². The molecule has 2 aliphatic heterocycles. The molecule has 0 bridgehead atoms. The van der Waals surface area contributed by atoms with Gasteiger partial charge in [0, 0.05) is 30.9 Å². The fraction of sp³-hybridized carbons (Fsp3) is 0.440. The number of sulfonamides is 1. The first-order chi connectivity index (χ1) is 15.8. The largest absolute Gasteiger partial charge is 0.339 e. The van der Waals surface area contributed by atoms with Crippen LogP contribution < -0.4 is 5.32 Å². The monoisotopic (exact) mass is 469 g/mol. The number of carbonyl (C=O) groups is 2. The van der Waals surface area contributed by atoms with E-state index in [4.69, 9.17) is 0 Å². The predicted octanol–water partition coefficient (Wildman–Crippen LogP) is 4.13. The minimum absolute atomic E-state index is 0.0391. The lowest BCUT2D eigenvalue weighted by Gasteiger charge is -2.37. The van der Waals surface area contributed by atoms with Gasteiger partial charge in [-0.3, -0.25) is 9.59 Å². The van der Waals surface area contributed by atoms with Gasteiger partial charge in [-0.2, -0.15) is 4.31 Å². The zero-order valence-electron chi connectivity index (χ0n) is 19.2. The highest BCUT2D eigenvalue weighted by Gasteiger charge is 2.35. The number of likely N-dealkylation sites (tertiary alicyclic amines) is 1. The van der Waals surface area contributed by atoms with Gasteiger partial charge in [0.25, 0.3) is 11.8 Å². The Balaban J connectivity index is 1.51. The van der Waals surface area contributed by atoms with Crippen LogP contribution >= 0.6 is 0 Å². The third kappa shape index (κ3) is 4.82. The summed E-state index contributed by atoms with van der Waals surface area (Å²) >= 11 is 0. The molecule has 2 aliphatic rings. The van der Waals surface area contributed by atoms with E-state index in [0.717, 1.165) is 32.1 Å². The number of hydrogen-bond acceptors (Lipinski definition) is 4. The van der Waals surface area contributed by atoms with Crippen molar-refractivity contribution in [1.82, 2.24) is 9.21 Å². The predicted molar refractivity (Wildman–Crippen MR) is 128 cm³/mol. The molecule has 176 valence electrons. The molecule has 2 saturated heterocycles. The number of carbonyl (C=O) groups excluding carboxylic acids is 2. The van der Waals surface area contributed by atoms with Gasteiger partial charge in [0.2, 0.25) is 10.0 Å². The Labute approximate surface area is 195 Å². The molecule has 2 aromatic rings. The van der Waals surface area contributed by atoms with Crippen molar-refractivity contribution in [3.8, 4) is 0 Å². The summed E-state index contributed by atoms with van der Waals surface area (Å²) in [7, 11) is -3.61. The van der Waals surface area contributed by atoms with E-state index in [1.54, 1.807) is 45.6 Å². The molecule has 0 unspecified atom stereocenters. The second-order valence-electron chi connectivity index (χ2n) is 8.99. The van der Waals surface area contributed by atoms with Crippen molar-refractivity contribution in [1.29, 1.82) is 0 Å². The second-order valence-corrected chi connectivity index (χ2v) is 10.8. The molecule has 33 heavy (non-hydrogen) atoms. The zero-order chi connectivity index (χ0) is 23.6. The highest BCUT2D eigenvalue weighted by molar-refractivity contribution is 7.89. The number of anilines is 1. The number of benzene rings is 2. The van der Waals surface area contributed by atoms with Crippen molar-refractivity contribution in [3.63, 3.8) is 0 Å². The van der Waals surface area contributed by atoms with Gasteiger partial charge < -0.3 is 10.2 Å². The third-order valence-corrected chi connectivity index (χ3v) is 8.74. The number of piperidine rings is 1. The Morgan fingerprint density at radius 1 is 0.848 bits per heavy atom. The summed E-state index contributed by atoms with van der Waals surface area (Å²) in [5.41, 5.74) is 1.16. The molecule has 2 aromatic carbocycles. The first kappa shape index (κ1) is 23.4. The third-order valence-electron chi connectivity index (χ3n) is 6.60. The maximum absolute atomic E-state index is 13.2. The van der Waals surface area contributed by atoms with Crippen LogP contribution in [0.2, 0.25) is 0 Å². The van der Waals surface area contributed by atoms with Crippen LogP contribution in [-0.2, 0) is 10.0 Å². The summed E-state index contributed by atoms with van der Waals surface area (Å²) in [4.78, 5) is 27.8. The molecule has 0 aliphatic carbocycles. The maximum atomic E-state index is 13.2. The Kier molecular flexibility index (Phi) is 6.86. The van der Waals surface area contributed by atoms with Gasteiger partial charge in [0.1, 0.15) is 0 Å². The SMILES string of the molecule is C[C@H]1CCC[C@H](C)N1S(=O)(=O)c1ccc(NC(=O)c2ccccc2C(=O)N2CCCC2)cc1. The molecular weight excluding hydrogens is 438 g/mol. The van der Waals surface area contributed by atoms with Gasteiger partial charge in [-0.15, -0.1) is 0 Å². The van der Waals surface area contributed by atoms with Crippen LogP contribution in [0.25, 0.3) is 0 Å². The summed E-state index contributed by atoms with van der Waals surface area (Å²) in [5.74, 6) is -0.531. The van der Waals surface area contributed by atoms with Gasteiger partial charge >= 0.3 is 0 Å². The van der Waals surface area contributed by atoms with Gasteiger partial charge in [-0.25, -0.2) is 8.42 Å². The summed E-state index contributed by atoms with van der Waals surface area (Å²) in [5, 5.41) is 2.80. The summed E-state index contributed by atoms with van der Waals surface area (Å²) in [6.07, 6.45) is 4.69. The van der Waals surface area contributed by atoms with Crippen molar-refractivity contribution >= 4 is 27.5 Å². The molecular formula is C25H31N3O4S. The van der Waals surface area contributed by atoms with E-state index in [-0.39, 0.29) is 22.9 Å². The van der Waals surface area contributed by atoms with Crippen LogP contribution in [0.5, 0.6) is 0 Å². The van der Waals surface area contributed by atoms with Crippen LogP contribution in [0.3, 0.4) is 0 Å². The van der Waals surface area contributed by atoms with E-state index >= 15 is 0 Å². The standard InChI is InChI=1S/C25H31N3O4S/c1-18-8-7-9-19(2)28(18)33(31,32)21-14-12-20(13-15-21)26-24(29)22-10-3-4-11-23(22)25(30)27-16-5-6-17-27/h3-4,10-15,18-19H,5-9,16-17H2,1-2H3,(H,26,29)/t18-,19-/m0/s1. The van der Waals surface area contributed by atoms with Crippen molar-refractivity contribution in [2.24, 2.45) is 0 Å². The van der Waals surface area contributed by atoms with E-state index < -0.39 is 15.9 Å². The van der Waals surface area contributed by atoms with Crippen LogP contribution in [0.1, 0.15) is 66.7 Å². The van der Waals surface area contributed by atoms with E-state index in [0.29, 0.717) is 29.9 Å². The molecule has 7 nitrogen and oxygen atoms in total. The highest BCUT2D eigenvalue weighted by Crippen LogP contribution is 2.30. The molecule has 2 fully saturated rings. The normalized spacial score (nSPS) is 21.7. The lowest BCUT2D eigenvalue weighted by atomic mass is 10.0. The fourth-order valence-electron chi connectivity index (χ4n) is 4.86.